The van der Waals surface area contributed by atoms with Crippen molar-refractivity contribution in [1.82, 2.24) is 4.98 Å². The molecule has 1 saturated carbocycles. The first-order chi connectivity index (χ1) is 9.83. The highest BCUT2D eigenvalue weighted by molar-refractivity contribution is 5.20. The van der Waals surface area contributed by atoms with E-state index in [0.29, 0.717) is 11.8 Å². The molecule has 104 valence electrons. The van der Waals surface area contributed by atoms with Crippen LogP contribution in [-0.2, 0) is 6.42 Å². The normalized spacial score (nSPS) is 26.4. The quantitative estimate of drug-likeness (QED) is 0.922. The van der Waals surface area contributed by atoms with Crippen molar-refractivity contribution >= 4 is 0 Å². The van der Waals surface area contributed by atoms with Crippen LogP contribution < -0.4 is 0 Å². The van der Waals surface area contributed by atoms with E-state index in [2.05, 4.69) is 41.4 Å². The second-order valence-electron chi connectivity index (χ2n) is 5.77. The standard InChI is InChI=1S/C18H21NO/c20-18-10-9-15(14-6-2-1-3-7-14)12-16(18)13-17-8-4-5-11-19-17/h1-8,11,15-16,18,20H,9-10,12-13H2. The van der Waals surface area contributed by atoms with Gasteiger partial charge in [-0.25, -0.2) is 0 Å². The van der Waals surface area contributed by atoms with Crippen molar-refractivity contribution in [3.63, 3.8) is 0 Å². The van der Waals surface area contributed by atoms with Crippen LogP contribution in [0.5, 0.6) is 0 Å². The number of hydrogen-bond donors (Lipinski definition) is 1. The molecule has 1 heterocycles. The Hall–Kier alpha value is -1.67. The third-order valence-electron chi connectivity index (χ3n) is 4.41. The van der Waals surface area contributed by atoms with Gasteiger partial charge in [0.2, 0.25) is 0 Å². The number of benzene rings is 1. The van der Waals surface area contributed by atoms with Crippen LogP contribution in [0.3, 0.4) is 0 Å². The molecule has 0 spiro atoms. The average Bonchev–Trinajstić information content (AvgIpc) is 2.51. The Bertz CT molecular complexity index is 526. The van der Waals surface area contributed by atoms with Gasteiger partial charge in [0.15, 0.2) is 0 Å². The van der Waals surface area contributed by atoms with Crippen molar-refractivity contribution < 1.29 is 5.11 Å². The number of rotatable bonds is 3. The highest BCUT2D eigenvalue weighted by atomic mass is 16.3. The molecule has 20 heavy (non-hydrogen) atoms. The van der Waals surface area contributed by atoms with Gasteiger partial charge in [-0.05, 0) is 55.2 Å². The van der Waals surface area contributed by atoms with Gasteiger partial charge in [0.1, 0.15) is 0 Å². The molecule has 1 N–H and O–H groups in total. The molecule has 3 rings (SSSR count). The summed E-state index contributed by atoms with van der Waals surface area (Å²) in [5, 5.41) is 10.3. The van der Waals surface area contributed by atoms with Crippen LogP contribution >= 0.6 is 0 Å². The molecule has 2 heteroatoms. The van der Waals surface area contributed by atoms with Gasteiger partial charge < -0.3 is 5.11 Å². The number of hydrogen-bond acceptors (Lipinski definition) is 2. The first kappa shape index (κ1) is 13.3. The highest BCUT2D eigenvalue weighted by Crippen LogP contribution is 2.37. The van der Waals surface area contributed by atoms with Gasteiger partial charge in [-0.15, -0.1) is 0 Å². The first-order valence-corrected chi connectivity index (χ1v) is 7.46. The Morgan fingerprint density at radius 3 is 2.55 bits per heavy atom. The molecule has 1 fully saturated rings. The Kier molecular flexibility index (Phi) is 4.12. The van der Waals surface area contributed by atoms with Gasteiger partial charge in [0.05, 0.1) is 6.10 Å². The largest absolute Gasteiger partial charge is 0.393 e. The molecule has 0 amide bonds. The predicted octanol–water partition coefficient (Wildman–Crippen LogP) is 3.57. The summed E-state index contributed by atoms with van der Waals surface area (Å²) < 4.78 is 0. The lowest BCUT2D eigenvalue weighted by Gasteiger charge is -2.33. The Morgan fingerprint density at radius 2 is 1.80 bits per heavy atom. The number of pyridine rings is 1. The number of aromatic nitrogens is 1. The van der Waals surface area contributed by atoms with Crippen LogP contribution in [0.2, 0.25) is 0 Å². The van der Waals surface area contributed by atoms with Crippen LogP contribution in [0.1, 0.15) is 36.4 Å². The van der Waals surface area contributed by atoms with Crippen LogP contribution in [0, 0.1) is 5.92 Å². The van der Waals surface area contributed by atoms with E-state index in [9.17, 15) is 5.11 Å². The molecular weight excluding hydrogens is 246 g/mol. The third kappa shape index (κ3) is 3.07. The zero-order valence-corrected chi connectivity index (χ0v) is 11.7. The van der Waals surface area contributed by atoms with Crippen LogP contribution in [0.25, 0.3) is 0 Å². The minimum atomic E-state index is -0.183. The van der Waals surface area contributed by atoms with Gasteiger partial charge in [0, 0.05) is 11.9 Å². The molecule has 1 aromatic heterocycles. The molecule has 1 aliphatic carbocycles. The second-order valence-corrected chi connectivity index (χ2v) is 5.77. The number of aliphatic hydroxyl groups is 1. The molecule has 0 saturated heterocycles. The summed E-state index contributed by atoms with van der Waals surface area (Å²) >= 11 is 0. The SMILES string of the molecule is OC1CCC(c2ccccc2)CC1Cc1ccccn1. The molecule has 1 aliphatic rings. The summed E-state index contributed by atoms with van der Waals surface area (Å²) in [6, 6.07) is 16.7. The molecular formula is C18H21NO. The third-order valence-corrected chi connectivity index (χ3v) is 4.41. The summed E-state index contributed by atoms with van der Waals surface area (Å²) in [5.74, 6) is 0.900. The lowest BCUT2D eigenvalue weighted by molar-refractivity contribution is 0.0615. The number of aliphatic hydroxyl groups excluding tert-OH is 1. The smallest absolute Gasteiger partial charge is 0.0572 e. The second kappa shape index (κ2) is 6.19. The van der Waals surface area contributed by atoms with Crippen LogP contribution in [0.15, 0.2) is 54.7 Å². The fraction of sp³-hybridized carbons (Fsp3) is 0.389. The molecule has 0 aliphatic heterocycles. The highest BCUT2D eigenvalue weighted by Gasteiger charge is 2.30. The lowest BCUT2D eigenvalue weighted by atomic mass is 9.75. The zero-order valence-electron chi connectivity index (χ0n) is 11.7. The summed E-state index contributed by atoms with van der Waals surface area (Å²) in [7, 11) is 0. The van der Waals surface area contributed by atoms with E-state index >= 15 is 0 Å². The monoisotopic (exact) mass is 267 g/mol. The van der Waals surface area contributed by atoms with E-state index in [1.807, 2.05) is 18.3 Å². The van der Waals surface area contributed by atoms with E-state index in [-0.39, 0.29) is 6.10 Å². The van der Waals surface area contributed by atoms with Gasteiger partial charge in [-0.3, -0.25) is 4.98 Å². The van der Waals surface area contributed by atoms with E-state index in [4.69, 9.17) is 0 Å². The van der Waals surface area contributed by atoms with Gasteiger partial charge in [-0.2, -0.15) is 0 Å². The maximum Gasteiger partial charge on any atom is 0.0572 e. The van der Waals surface area contributed by atoms with E-state index in [1.54, 1.807) is 0 Å². The fourth-order valence-electron chi connectivity index (χ4n) is 3.28. The molecule has 0 bridgehead atoms. The summed E-state index contributed by atoms with van der Waals surface area (Å²) in [6.45, 7) is 0. The Labute approximate surface area is 120 Å². The van der Waals surface area contributed by atoms with Crippen LogP contribution in [0.4, 0.5) is 0 Å². The Balaban J connectivity index is 1.71. The topological polar surface area (TPSA) is 33.1 Å². The molecule has 3 atom stereocenters. The molecule has 2 nitrogen and oxygen atoms in total. The molecule has 3 unspecified atom stereocenters. The van der Waals surface area contributed by atoms with E-state index in [1.165, 1.54) is 5.56 Å². The molecule has 0 radical (unpaired) electrons. The Morgan fingerprint density at radius 1 is 1.00 bits per heavy atom. The minimum absolute atomic E-state index is 0.183. The molecule has 1 aromatic carbocycles. The van der Waals surface area contributed by atoms with Gasteiger partial charge in [-0.1, -0.05) is 36.4 Å². The summed E-state index contributed by atoms with van der Waals surface area (Å²) in [6.07, 6.45) is 5.57. The summed E-state index contributed by atoms with van der Waals surface area (Å²) in [4.78, 5) is 4.39. The first-order valence-electron chi connectivity index (χ1n) is 7.46. The summed E-state index contributed by atoms with van der Waals surface area (Å²) in [5.41, 5.74) is 2.50. The fourth-order valence-corrected chi connectivity index (χ4v) is 3.28. The average molecular weight is 267 g/mol. The van der Waals surface area contributed by atoms with Crippen molar-refractivity contribution in [3.8, 4) is 0 Å². The lowest BCUT2D eigenvalue weighted by Crippen LogP contribution is -2.30. The van der Waals surface area contributed by atoms with Crippen molar-refractivity contribution in [2.75, 3.05) is 0 Å². The minimum Gasteiger partial charge on any atom is -0.393 e. The van der Waals surface area contributed by atoms with Crippen LogP contribution in [-0.4, -0.2) is 16.2 Å². The van der Waals surface area contributed by atoms with Crippen molar-refractivity contribution in [2.24, 2.45) is 5.92 Å². The van der Waals surface area contributed by atoms with Gasteiger partial charge in [0.25, 0.3) is 0 Å². The van der Waals surface area contributed by atoms with Gasteiger partial charge >= 0.3 is 0 Å². The maximum atomic E-state index is 10.3. The maximum absolute atomic E-state index is 10.3. The predicted molar refractivity (Wildman–Crippen MR) is 80.5 cm³/mol. The van der Waals surface area contributed by atoms with E-state index < -0.39 is 0 Å². The van der Waals surface area contributed by atoms with Crippen molar-refractivity contribution in [2.45, 2.75) is 37.7 Å². The van der Waals surface area contributed by atoms with E-state index in [0.717, 1.165) is 31.4 Å². The van der Waals surface area contributed by atoms with Crippen molar-refractivity contribution in [1.29, 1.82) is 0 Å². The van der Waals surface area contributed by atoms with Crippen molar-refractivity contribution in [3.05, 3.63) is 66.0 Å². The molecule has 2 aromatic rings. The zero-order chi connectivity index (χ0) is 13.8. The number of nitrogens with zero attached hydrogens (tertiary/aromatic N) is 1.